The third-order valence-corrected chi connectivity index (χ3v) is 5.68. The van der Waals surface area contributed by atoms with Gasteiger partial charge in [0.05, 0.1) is 6.04 Å². The first-order valence-electron chi connectivity index (χ1n) is 10.3. The Balaban J connectivity index is 1.38. The molecule has 5 nitrogen and oxygen atoms in total. The minimum atomic E-state index is -0.168. The molecule has 2 aromatic rings. The van der Waals surface area contributed by atoms with E-state index in [-0.39, 0.29) is 23.9 Å². The van der Waals surface area contributed by atoms with Gasteiger partial charge < -0.3 is 15.5 Å². The molecule has 1 saturated heterocycles. The molecule has 0 spiro atoms. The zero-order valence-corrected chi connectivity index (χ0v) is 16.5. The monoisotopic (exact) mass is 389 g/mol. The summed E-state index contributed by atoms with van der Waals surface area (Å²) in [6.45, 7) is 2.18. The predicted molar refractivity (Wildman–Crippen MR) is 113 cm³/mol. The molecule has 2 aliphatic rings. The Bertz CT molecular complexity index is 865. The molecule has 0 saturated carbocycles. The summed E-state index contributed by atoms with van der Waals surface area (Å²) in [5, 5.41) is 6.23. The van der Waals surface area contributed by atoms with Crippen LogP contribution in [-0.4, -0.2) is 35.3 Å². The van der Waals surface area contributed by atoms with E-state index >= 15 is 0 Å². The van der Waals surface area contributed by atoms with E-state index in [0.29, 0.717) is 13.1 Å². The summed E-state index contributed by atoms with van der Waals surface area (Å²) < 4.78 is 0. The Morgan fingerprint density at radius 3 is 2.34 bits per heavy atom. The van der Waals surface area contributed by atoms with Crippen molar-refractivity contribution in [3.63, 3.8) is 0 Å². The van der Waals surface area contributed by atoms with E-state index in [0.717, 1.165) is 25.8 Å². The molecule has 4 rings (SSSR count). The lowest BCUT2D eigenvalue weighted by Gasteiger charge is -2.28. The molecule has 2 N–H and O–H groups in total. The first kappa shape index (κ1) is 19.4. The number of nitrogens with zero attached hydrogens (tertiary/aromatic N) is 1. The fraction of sp³-hybridized carbons (Fsp3) is 0.333. The predicted octanol–water partition coefficient (Wildman–Crippen LogP) is 2.56. The normalized spacial score (nSPS) is 18.9. The molecule has 0 aromatic heterocycles. The van der Waals surface area contributed by atoms with Gasteiger partial charge in [0.1, 0.15) is 0 Å². The molecule has 2 aliphatic heterocycles. The van der Waals surface area contributed by atoms with Gasteiger partial charge in [-0.05, 0) is 42.5 Å². The number of aryl methyl sites for hydroxylation is 1. The molecular weight excluding hydrogens is 362 g/mol. The van der Waals surface area contributed by atoms with Crippen LogP contribution in [-0.2, 0) is 29.1 Å². The van der Waals surface area contributed by atoms with E-state index in [4.69, 9.17) is 0 Å². The Kier molecular flexibility index (Phi) is 6.06. The largest absolute Gasteiger partial charge is 0.349 e. The van der Waals surface area contributed by atoms with Crippen LogP contribution in [0.2, 0.25) is 0 Å². The van der Waals surface area contributed by atoms with Crippen LogP contribution < -0.4 is 10.6 Å². The van der Waals surface area contributed by atoms with Gasteiger partial charge in [-0.15, -0.1) is 0 Å². The number of fused-ring (bicyclic) bond motifs is 1. The third-order valence-electron chi connectivity index (χ3n) is 5.68. The van der Waals surface area contributed by atoms with E-state index in [2.05, 4.69) is 34.9 Å². The maximum absolute atomic E-state index is 12.7. The second kappa shape index (κ2) is 9.05. The Labute approximate surface area is 171 Å². The lowest BCUT2D eigenvalue weighted by molar-refractivity contribution is -0.127. The van der Waals surface area contributed by atoms with Gasteiger partial charge in [0.2, 0.25) is 11.8 Å². The van der Waals surface area contributed by atoms with Gasteiger partial charge in [-0.1, -0.05) is 60.7 Å². The lowest BCUT2D eigenvalue weighted by atomic mass is 10.0. The van der Waals surface area contributed by atoms with Crippen LogP contribution in [0.1, 0.15) is 29.5 Å². The first-order valence-corrected chi connectivity index (χ1v) is 10.3. The minimum absolute atomic E-state index is 0.0121. The van der Waals surface area contributed by atoms with Crippen molar-refractivity contribution in [1.29, 1.82) is 0 Å². The van der Waals surface area contributed by atoms with Gasteiger partial charge in [-0.2, -0.15) is 0 Å². The molecule has 2 heterocycles. The molecule has 0 radical (unpaired) electrons. The van der Waals surface area contributed by atoms with Crippen LogP contribution >= 0.6 is 0 Å². The van der Waals surface area contributed by atoms with Gasteiger partial charge in [0.15, 0.2) is 0 Å². The smallest absolute Gasteiger partial charge is 0.246 e. The number of amides is 2. The minimum Gasteiger partial charge on any atom is -0.349 e. The van der Waals surface area contributed by atoms with E-state index in [1.54, 1.807) is 6.08 Å². The fourth-order valence-corrected chi connectivity index (χ4v) is 3.77. The molecule has 0 unspecified atom stereocenters. The quantitative estimate of drug-likeness (QED) is 0.716. The van der Waals surface area contributed by atoms with Crippen LogP contribution in [0.5, 0.6) is 0 Å². The second-order valence-electron chi connectivity index (χ2n) is 7.76. The number of hydrogen-bond acceptors (Lipinski definition) is 3. The molecule has 29 heavy (non-hydrogen) atoms. The molecule has 1 fully saturated rings. The van der Waals surface area contributed by atoms with Gasteiger partial charge in [-0.3, -0.25) is 9.59 Å². The van der Waals surface area contributed by atoms with Crippen LogP contribution in [0.3, 0.4) is 0 Å². The van der Waals surface area contributed by atoms with Crippen molar-refractivity contribution in [3.8, 4) is 0 Å². The Morgan fingerprint density at radius 1 is 1.07 bits per heavy atom. The number of carbonyl (C=O) groups is 2. The van der Waals surface area contributed by atoms with Gasteiger partial charge in [0.25, 0.3) is 0 Å². The number of rotatable bonds is 7. The molecule has 0 aliphatic carbocycles. The van der Waals surface area contributed by atoms with Gasteiger partial charge in [0, 0.05) is 25.2 Å². The average molecular weight is 389 g/mol. The Hall–Kier alpha value is -2.92. The highest BCUT2D eigenvalue weighted by Gasteiger charge is 2.26. The van der Waals surface area contributed by atoms with Crippen molar-refractivity contribution >= 4 is 11.8 Å². The summed E-state index contributed by atoms with van der Waals surface area (Å²) in [6, 6.07) is 18.1. The van der Waals surface area contributed by atoms with Crippen molar-refractivity contribution in [2.45, 2.75) is 44.4 Å². The van der Waals surface area contributed by atoms with E-state index in [1.165, 1.54) is 16.7 Å². The highest BCUT2D eigenvalue weighted by molar-refractivity contribution is 5.88. The second-order valence-corrected chi connectivity index (χ2v) is 7.76. The van der Waals surface area contributed by atoms with Crippen LogP contribution in [0, 0.1) is 0 Å². The van der Waals surface area contributed by atoms with E-state index < -0.39 is 0 Å². The maximum atomic E-state index is 12.7. The third kappa shape index (κ3) is 4.93. The highest BCUT2D eigenvalue weighted by atomic mass is 16.2. The highest BCUT2D eigenvalue weighted by Crippen LogP contribution is 2.22. The maximum Gasteiger partial charge on any atom is 0.246 e. The lowest BCUT2D eigenvalue weighted by Crippen LogP contribution is -2.54. The molecular formula is C24H27N3O2. The molecule has 5 heteroatoms. The zero-order chi connectivity index (χ0) is 20.1. The Morgan fingerprint density at radius 2 is 1.72 bits per heavy atom. The van der Waals surface area contributed by atoms with Gasteiger partial charge in [-0.25, -0.2) is 0 Å². The average Bonchev–Trinajstić information content (AvgIpc) is 3.13. The summed E-state index contributed by atoms with van der Waals surface area (Å²) in [6.07, 6.45) is 5.94. The van der Waals surface area contributed by atoms with Crippen LogP contribution in [0.15, 0.2) is 66.7 Å². The zero-order valence-electron chi connectivity index (χ0n) is 16.5. The number of carbonyl (C=O) groups excluding carboxylic acids is 2. The van der Waals surface area contributed by atoms with Crippen molar-refractivity contribution in [1.82, 2.24) is 15.5 Å². The van der Waals surface area contributed by atoms with Crippen molar-refractivity contribution in [2.75, 3.05) is 6.54 Å². The summed E-state index contributed by atoms with van der Waals surface area (Å²) in [4.78, 5) is 26.9. The van der Waals surface area contributed by atoms with Crippen LogP contribution in [0.25, 0.3) is 0 Å². The summed E-state index contributed by atoms with van der Waals surface area (Å²) in [7, 11) is 0. The molecule has 2 aromatic carbocycles. The van der Waals surface area contributed by atoms with Crippen LogP contribution in [0.4, 0.5) is 0 Å². The van der Waals surface area contributed by atoms with Crippen molar-refractivity contribution < 1.29 is 9.59 Å². The first-order chi connectivity index (χ1) is 14.2. The topological polar surface area (TPSA) is 61.4 Å². The number of hydrogen-bond donors (Lipinski definition) is 2. The summed E-state index contributed by atoms with van der Waals surface area (Å²) in [5.74, 6) is 0.00178. The standard InChI is InChI=1S/C24H27N3O2/c28-23(27-16-19-8-4-5-9-20(19)17-27)13-12-21(26-24(29)22-14-15-25-22)11-10-18-6-2-1-3-7-18/h1-9,12-13,21-22,25H,10-11,14-17H2,(H,26,29)/b13-12+/t21-,22-/m0/s1. The SMILES string of the molecule is O=C(N[C@H](/C=C/C(=O)N1Cc2ccccc2C1)CCc1ccccc1)[C@@H]1CCN1. The number of nitrogens with one attached hydrogen (secondary N) is 2. The molecule has 2 amide bonds. The summed E-state index contributed by atoms with van der Waals surface area (Å²) in [5.41, 5.74) is 3.64. The molecule has 2 atom stereocenters. The van der Waals surface area contributed by atoms with Crippen molar-refractivity contribution in [3.05, 3.63) is 83.4 Å². The summed E-state index contributed by atoms with van der Waals surface area (Å²) >= 11 is 0. The fourth-order valence-electron chi connectivity index (χ4n) is 3.77. The molecule has 150 valence electrons. The van der Waals surface area contributed by atoms with Gasteiger partial charge >= 0.3 is 0 Å². The van der Waals surface area contributed by atoms with E-state index in [9.17, 15) is 9.59 Å². The van der Waals surface area contributed by atoms with Crippen molar-refractivity contribution in [2.24, 2.45) is 0 Å². The van der Waals surface area contributed by atoms with E-state index in [1.807, 2.05) is 41.3 Å². The number of benzene rings is 2. The molecule has 0 bridgehead atoms.